The highest BCUT2D eigenvalue weighted by Crippen LogP contribution is 2.55. The Kier molecular flexibility index (Phi) is 7.35. The Balaban J connectivity index is 1.70. The van der Waals surface area contributed by atoms with Crippen molar-refractivity contribution in [2.45, 2.75) is 57.6 Å². The molecular formula is C32H38N2O8. The fourth-order valence-corrected chi connectivity index (χ4v) is 7.22. The van der Waals surface area contributed by atoms with Crippen molar-refractivity contribution in [3.05, 3.63) is 51.8 Å². The van der Waals surface area contributed by atoms with E-state index in [1.165, 1.54) is 12.0 Å². The second-order valence-electron chi connectivity index (χ2n) is 12.4. The minimum atomic E-state index is -2.68. The molecule has 10 nitrogen and oxygen atoms in total. The molecule has 10 heteroatoms. The molecule has 224 valence electrons. The predicted octanol–water partition coefficient (Wildman–Crippen LogP) is 3.10. The van der Waals surface area contributed by atoms with E-state index >= 15 is 0 Å². The van der Waals surface area contributed by atoms with Crippen LogP contribution >= 0.6 is 0 Å². The summed E-state index contributed by atoms with van der Waals surface area (Å²) in [5.74, 6) is -5.75. The molecule has 3 aliphatic carbocycles. The van der Waals surface area contributed by atoms with Crippen molar-refractivity contribution in [1.29, 1.82) is 0 Å². The normalized spacial score (nSPS) is 25.7. The van der Waals surface area contributed by atoms with Crippen LogP contribution in [-0.4, -0.2) is 75.6 Å². The Bertz CT molecular complexity index is 1590. The van der Waals surface area contributed by atoms with Crippen LogP contribution in [0.5, 0.6) is 11.5 Å². The topological polar surface area (TPSA) is 171 Å². The summed E-state index contributed by atoms with van der Waals surface area (Å²) >= 11 is 0. The fourth-order valence-electron chi connectivity index (χ4n) is 7.22. The average molecular weight is 579 g/mol. The quantitative estimate of drug-likeness (QED) is 0.310. The number of carbonyl (C=O) groups excluding carboxylic acids is 3. The molecule has 1 fully saturated rings. The molecule has 0 heterocycles. The van der Waals surface area contributed by atoms with Gasteiger partial charge in [-0.25, -0.2) is 0 Å². The van der Waals surface area contributed by atoms with E-state index in [2.05, 4.69) is 13.8 Å². The zero-order chi connectivity index (χ0) is 30.8. The number of hydrogen-bond acceptors (Lipinski definition) is 9. The first-order valence-corrected chi connectivity index (χ1v) is 14.2. The van der Waals surface area contributed by atoms with Crippen molar-refractivity contribution in [2.75, 3.05) is 21.2 Å². The number of phenols is 1. The van der Waals surface area contributed by atoms with E-state index in [1.54, 1.807) is 14.1 Å². The number of nitrogens with two attached hydrogens (primary N) is 1. The molecule has 42 heavy (non-hydrogen) atoms. The minimum Gasteiger partial charge on any atom is -0.508 e. The van der Waals surface area contributed by atoms with Crippen LogP contribution in [0.25, 0.3) is 16.5 Å². The summed E-state index contributed by atoms with van der Waals surface area (Å²) in [5.41, 5.74) is 3.22. The molecule has 4 atom stereocenters. The number of primary amides is 1. The molecule has 3 aliphatic rings. The number of benzene rings is 2. The van der Waals surface area contributed by atoms with E-state index in [0.29, 0.717) is 28.0 Å². The van der Waals surface area contributed by atoms with Crippen molar-refractivity contribution >= 4 is 34.0 Å². The van der Waals surface area contributed by atoms with E-state index in [0.717, 1.165) is 24.8 Å². The van der Waals surface area contributed by atoms with Crippen LogP contribution in [0.15, 0.2) is 35.1 Å². The minimum absolute atomic E-state index is 0.0164. The molecule has 0 spiro atoms. The zero-order valence-corrected chi connectivity index (χ0v) is 24.5. The second-order valence-corrected chi connectivity index (χ2v) is 12.4. The smallest absolute Gasteiger partial charge is 0.255 e. The largest absolute Gasteiger partial charge is 0.508 e. The third kappa shape index (κ3) is 4.19. The van der Waals surface area contributed by atoms with E-state index in [4.69, 9.17) is 10.5 Å². The summed E-state index contributed by atoms with van der Waals surface area (Å²) in [5, 5.41) is 47.1. The summed E-state index contributed by atoms with van der Waals surface area (Å²) in [7, 11) is 4.63. The van der Waals surface area contributed by atoms with Gasteiger partial charge in [0.1, 0.15) is 28.6 Å². The van der Waals surface area contributed by atoms with Gasteiger partial charge in [-0.05, 0) is 63.2 Å². The SMILES string of the molecule is COc1c2c(c(O)c3cc(CCCC(C)C)ccc13)C(O)=C1C(=O)[C@]3(O)C(O)=C(C(N)=O)C(=O)[C@@H](N(C)C)[C@@H]3C[C@@H]1C2. The predicted molar refractivity (Wildman–Crippen MR) is 156 cm³/mol. The lowest BCUT2D eigenvalue weighted by atomic mass is 9.57. The number of fused-ring (bicyclic) bond motifs is 4. The molecule has 0 saturated heterocycles. The number of phenolic OH excluding ortho intramolecular Hbond substituents is 1. The molecule has 0 radical (unpaired) electrons. The number of nitrogens with zero attached hydrogens (tertiary/aromatic N) is 1. The van der Waals surface area contributed by atoms with Crippen molar-refractivity contribution < 1.29 is 39.5 Å². The van der Waals surface area contributed by atoms with Crippen LogP contribution < -0.4 is 10.5 Å². The van der Waals surface area contributed by atoms with Gasteiger partial charge in [-0.1, -0.05) is 32.4 Å². The molecule has 0 bridgehead atoms. The summed E-state index contributed by atoms with van der Waals surface area (Å²) < 4.78 is 5.81. The number of ketones is 2. The summed E-state index contributed by atoms with van der Waals surface area (Å²) in [6, 6.07) is 4.59. The Morgan fingerprint density at radius 1 is 1.17 bits per heavy atom. The summed E-state index contributed by atoms with van der Waals surface area (Å²) in [6.45, 7) is 4.32. The van der Waals surface area contributed by atoms with Gasteiger partial charge in [0.2, 0.25) is 5.78 Å². The average Bonchev–Trinajstić information content (AvgIpc) is 2.90. The maximum atomic E-state index is 14.1. The van der Waals surface area contributed by atoms with Crippen LogP contribution in [0.3, 0.4) is 0 Å². The lowest BCUT2D eigenvalue weighted by Gasteiger charge is -2.50. The van der Waals surface area contributed by atoms with Gasteiger partial charge in [0.25, 0.3) is 5.91 Å². The van der Waals surface area contributed by atoms with Crippen molar-refractivity contribution in [1.82, 2.24) is 4.90 Å². The summed E-state index contributed by atoms with van der Waals surface area (Å²) in [4.78, 5) is 41.0. The lowest BCUT2D eigenvalue weighted by Crippen LogP contribution is -2.65. The number of likely N-dealkylation sites (N-methyl/N-ethyl adjacent to an activating group) is 1. The highest BCUT2D eigenvalue weighted by molar-refractivity contribution is 6.24. The third-order valence-electron chi connectivity index (χ3n) is 9.16. The number of aryl methyl sites for hydroxylation is 1. The Morgan fingerprint density at radius 3 is 2.45 bits per heavy atom. The molecule has 0 aromatic heterocycles. The van der Waals surface area contributed by atoms with Gasteiger partial charge >= 0.3 is 0 Å². The first-order chi connectivity index (χ1) is 19.7. The number of aliphatic hydroxyl groups excluding tert-OH is 2. The van der Waals surface area contributed by atoms with Gasteiger partial charge in [0, 0.05) is 27.8 Å². The van der Waals surface area contributed by atoms with Crippen LogP contribution in [-0.2, 0) is 27.2 Å². The van der Waals surface area contributed by atoms with E-state index in [1.807, 2.05) is 18.2 Å². The number of aromatic hydroxyl groups is 1. The van der Waals surface area contributed by atoms with Gasteiger partial charge < -0.3 is 30.9 Å². The lowest BCUT2D eigenvalue weighted by molar-refractivity contribution is -0.153. The molecule has 1 amide bonds. The molecule has 0 aliphatic heterocycles. The monoisotopic (exact) mass is 578 g/mol. The van der Waals surface area contributed by atoms with Crippen molar-refractivity contribution in [2.24, 2.45) is 23.5 Å². The highest BCUT2D eigenvalue weighted by atomic mass is 16.5. The second kappa shape index (κ2) is 10.4. The molecule has 5 rings (SSSR count). The van der Waals surface area contributed by atoms with Crippen LogP contribution in [0.2, 0.25) is 0 Å². The number of Topliss-reactive ketones (excluding diaryl/α,β-unsaturated/α-hetero) is 2. The Morgan fingerprint density at radius 2 is 1.86 bits per heavy atom. The van der Waals surface area contributed by atoms with E-state index < -0.39 is 58.0 Å². The molecule has 6 N–H and O–H groups in total. The molecular weight excluding hydrogens is 540 g/mol. The van der Waals surface area contributed by atoms with Crippen molar-refractivity contribution in [3.8, 4) is 11.5 Å². The molecule has 1 saturated carbocycles. The number of carbonyl (C=O) groups is 3. The first kappa shape index (κ1) is 29.6. The van der Waals surface area contributed by atoms with Gasteiger partial charge in [0.15, 0.2) is 11.4 Å². The number of rotatable bonds is 7. The maximum Gasteiger partial charge on any atom is 0.255 e. The third-order valence-corrected chi connectivity index (χ3v) is 9.16. The number of amides is 1. The van der Waals surface area contributed by atoms with Crippen LogP contribution in [0, 0.1) is 17.8 Å². The maximum absolute atomic E-state index is 14.1. The zero-order valence-electron chi connectivity index (χ0n) is 24.5. The Labute approximate surface area is 244 Å². The van der Waals surface area contributed by atoms with E-state index in [9.17, 15) is 34.8 Å². The fraction of sp³-hybridized carbons (Fsp3) is 0.469. The summed E-state index contributed by atoms with van der Waals surface area (Å²) in [6.07, 6.45) is 3.00. The van der Waals surface area contributed by atoms with Gasteiger partial charge in [0.05, 0.1) is 18.7 Å². The molecule has 2 aromatic rings. The standard InChI is InChI=1S/C32H38N2O8/c1-14(2)7-6-8-15-9-10-17-18(11-15)25(35)22-19(28(17)42-5)12-16-13-20-24(34(3)4)27(37)23(31(33)40)30(39)32(20,41)29(38)21(16)26(22)36/h9-11,14,16,20,24,35-36,39,41H,6-8,12-13H2,1-5H3,(H2,33,40)/t16-,20-,24-,32-/m0/s1. The highest BCUT2D eigenvalue weighted by Gasteiger charge is 2.64. The van der Waals surface area contributed by atoms with Gasteiger partial charge in [-0.3, -0.25) is 19.3 Å². The van der Waals surface area contributed by atoms with Crippen LogP contribution in [0.4, 0.5) is 0 Å². The number of hydrogen-bond donors (Lipinski definition) is 5. The van der Waals surface area contributed by atoms with E-state index in [-0.39, 0.29) is 29.7 Å². The van der Waals surface area contributed by atoms with Gasteiger partial charge in [-0.15, -0.1) is 0 Å². The Hall–Kier alpha value is -3.89. The number of methoxy groups -OCH3 is 1. The van der Waals surface area contributed by atoms with Gasteiger partial charge in [-0.2, -0.15) is 0 Å². The first-order valence-electron chi connectivity index (χ1n) is 14.2. The van der Waals surface area contributed by atoms with Crippen molar-refractivity contribution in [3.63, 3.8) is 0 Å². The number of aliphatic hydroxyl groups is 3. The molecule has 2 aromatic carbocycles. The molecule has 0 unspecified atom stereocenters. The van der Waals surface area contributed by atoms with Crippen LogP contribution in [0.1, 0.15) is 49.8 Å². The number of ether oxygens (including phenoxy) is 1.